The highest BCUT2D eigenvalue weighted by atomic mass is 32.1. The van der Waals surface area contributed by atoms with E-state index in [-0.39, 0.29) is 0 Å². The maximum Gasteiger partial charge on any atom is 0.120 e. The van der Waals surface area contributed by atoms with Crippen molar-refractivity contribution in [2.24, 2.45) is 0 Å². The van der Waals surface area contributed by atoms with Crippen molar-refractivity contribution in [1.82, 2.24) is 4.57 Å². The van der Waals surface area contributed by atoms with Crippen LogP contribution in [0.2, 0.25) is 0 Å². The lowest BCUT2D eigenvalue weighted by atomic mass is 10.2. The van der Waals surface area contributed by atoms with Gasteiger partial charge in [-0.1, -0.05) is 24.4 Å². The lowest BCUT2D eigenvalue weighted by Crippen LogP contribution is -1.97. The topological polar surface area (TPSA) is 14.2 Å². The monoisotopic (exact) mass is 231 g/mol. The van der Waals surface area contributed by atoms with Gasteiger partial charge in [0.2, 0.25) is 0 Å². The molecule has 0 fully saturated rings. The summed E-state index contributed by atoms with van der Waals surface area (Å²) in [4.78, 5) is 0. The Balaban J connectivity index is 2.58. The number of methoxy groups -OCH3 is 1. The minimum absolute atomic E-state index is 0.791. The molecule has 0 saturated carbocycles. The molecule has 0 aliphatic carbocycles. The number of aromatic nitrogens is 1. The second kappa shape index (κ2) is 4.49. The molecule has 2 nitrogen and oxygen atoms in total. The maximum absolute atomic E-state index is 5.30. The van der Waals surface area contributed by atoms with E-state index in [1.54, 1.807) is 7.11 Å². The van der Waals surface area contributed by atoms with E-state index in [1.165, 1.54) is 5.56 Å². The fraction of sp³-hybridized carbons (Fsp3) is 0.154. The highest BCUT2D eigenvalue weighted by Crippen LogP contribution is 2.17. The second-order valence-corrected chi connectivity index (χ2v) is 4.03. The minimum atomic E-state index is 0.791. The van der Waals surface area contributed by atoms with Gasteiger partial charge in [0.05, 0.1) is 7.11 Å². The van der Waals surface area contributed by atoms with Gasteiger partial charge in [0.25, 0.3) is 0 Å². The van der Waals surface area contributed by atoms with Gasteiger partial charge in [-0.25, -0.2) is 0 Å². The Bertz CT molecular complexity index is 560. The smallest absolute Gasteiger partial charge is 0.120 e. The normalized spacial score (nSPS) is 10.1. The fourth-order valence-corrected chi connectivity index (χ4v) is 1.78. The standard InChI is InChI=1S/C13H13NOS/c1-10-6-7-13(16)14(9-10)11-4-3-5-12(8-11)15-2/h3-9H,1-2H3. The average Bonchev–Trinajstić information content (AvgIpc) is 2.32. The third kappa shape index (κ3) is 2.14. The van der Waals surface area contributed by atoms with E-state index in [0.717, 1.165) is 16.1 Å². The highest BCUT2D eigenvalue weighted by Gasteiger charge is 1.99. The number of nitrogens with zero attached hydrogens (tertiary/aromatic N) is 1. The highest BCUT2D eigenvalue weighted by molar-refractivity contribution is 7.71. The fourth-order valence-electron chi connectivity index (χ4n) is 1.56. The molecule has 0 aliphatic heterocycles. The summed E-state index contributed by atoms with van der Waals surface area (Å²) in [5.74, 6) is 0.834. The summed E-state index contributed by atoms with van der Waals surface area (Å²) in [6, 6.07) is 11.8. The third-order valence-corrected chi connectivity index (χ3v) is 2.72. The first-order valence-electron chi connectivity index (χ1n) is 5.04. The van der Waals surface area contributed by atoms with Crippen molar-refractivity contribution in [3.8, 4) is 11.4 Å². The zero-order valence-electron chi connectivity index (χ0n) is 9.31. The Morgan fingerprint density at radius 1 is 1.19 bits per heavy atom. The van der Waals surface area contributed by atoms with E-state index in [1.807, 2.05) is 54.1 Å². The third-order valence-electron chi connectivity index (χ3n) is 2.39. The SMILES string of the molecule is COc1cccc(-n2cc(C)ccc2=S)c1. The van der Waals surface area contributed by atoms with Crippen LogP contribution in [0.1, 0.15) is 5.56 Å². The lowest BCUT2D eigenvalue weighted by Gasteiger charge is -2.09. The van der Waals surface area contributed by atoms with E-state index >= 15 is 0 Å². The molecule has 3 heteroatoms. The molecule has 0 aliphatic rings. The number of benzene rings is 1. The molecule has 2 aromatic rings. The van der Waals surface area contributed by atoms with Gasteiger partial charge in [-0.15, -0.1) is 0 Å². The van der Waals surface area contributed by atoms with Gasteiger partial charge < -0.3 is 9.30 Å². The molecule has 1 aromatic carbocycles. The van der Waals surface area contributed by atoms with Crippen molar-refractivity contribution < 1.29 is 4.74 Å². The van der Waals surface area contributed by atoms with Gasteiger partial charge >= 0.3 is 0 Å². The van der Waals surface area contributed by atoms with Crippen LogP contribution in [0, 0.1) is 11.6 Å². The number of hydrogen-bond donors (Lipinski definition) is 0. The van der Waals surface area contributed by atoms with Crippen LogP contribution in [0.25, 0.3) is 5.69 Å². The Labute approximate surface area is 100 Å². The predicted octanol–water partition coefficient (Wildman–Crippen LogP) is 3.52. The molecule has 0 bridgehead atoms. The van der Waals surface area contributed by atoms with Crippen molar-refractivity contribution in [2.45, 2.75) is 6.92 Å². The lowest BCUT2D eigenvalue weighted by molar-refractivity contribution is 0.414. The Hall–Kier alpha value is -1.61. The molecule has 1 aromatic heterocycles. The Morgan fingerprint density at radius 2 is 2.00 bits per heavy atom. The van der Waals surface area contributed by atoms with Crippen LogP contribution >= 0.6 is 12.2 Å². The summed E-state index contributed by atoms with van der Waals surface area (Å²) >= 11 is 5.30. The van der Waals surface area contributed by atoms with Crippen LogP contribution in [0.3, 0.4) is 0 Å². The first-order chi connectivity index (χ1) is 7.70. The minimum Gasteiger partial charge on any atom is -0.497 e. The van der Waals surface area contributed by atoms with Crippen molar-refractivity contribution in [3.05, 3.63) is 52.8 Å². The first-order valence-corrected chi connectivity index (χ1v) is 5.45. The molecule has 0 N–H and O–H groups in total. The second-order valence-electron chi connectivity index (χ2n) is 3.62. The van der Waals surface area contributed by atoms with Crippen LogP contribution < -0.4 is 4.74 Å². The van der Waals surface area contributed by atoms with Crippen molar-refractivity contribution in [1.29, 1.82) is 0 Å². The van der Waals surface area contributed by atoms with Crippen LogP contribution in [0.4, 0.5) is 0 Å². The quantitative estimate of drug-likeness (QED) is 0.734. The van der Waals surface area contributed by atoms with Crippen molar-refractivity contribution in [2.75, 3.05) is 7.11 Å². The van der Waals surface area contributed by atoms with E-state index in [4.69, 9.17) is 17.0 Å². The summed E-state index contributed by atoms with van der Waals surface area (Å²) in [5.41, 5.74) is 2.20. The van der Waals surface area contributed by atoms with Gasteiger partial charge in [-0.05, 0) is 30.7 Å². The van der Waals surface area contributed by atoms with E-state index < -0.39 is 0 Å². The molecule has 16 heavy (non-hydrogen) atoms. The molecule has 0 saturated heterocycles. The summed E-state index contributed by atoms with van der Waals surface area (Å²) in [5, 5.41) is 0. The number of pyridine rings is 1. The van der Waals surface area contributed by atoms with Gasteiger partial charge in [-0.2, -0.15) is 0 Å². The van der Waals surface area contributed by atoms with E-state index in [9.17, 15) is 0 Å². The molecule has 1 heterocycles. The number of rotatable bonds is 2. The molecular weight excluding hydrogens is 218 g/mol. The first kappa shape index (κ1) is 10.9. The van der Waals surface area contributed by atoms with Crippen LogP contribution in [-0.2, 0) is 0 Å². The van der Waals surface area contributed by atoms with Crippen molar-refractivity contribution >= 4 is 12.2 Å². The molecule has 0 amide bonds. The summed E-state index contributed by atoms with van der Waals surface area (Å²) in [6.07, 6.45) is 2.02. The molecule has 0 spiro atoms. The average molecular weight is 231 g/mol. The summed E-state index contributed by atoms with van der Waals surface area (Å²) in [7, 11) is 1.66. The zero-order valence-corrected chi connectivity index (χ0v) is 10.1. The number of ether oxygens (including phenoxy) is 1. The number of hydrogen-bond acceptors (Lipinski definition) is 2. The summed E-state index contributed by atoms with van der Waals surface area (Å²) < 4.78 is 7.97. The molecule has 0 unspecified atom stereocenters. The van der Waals surface area contributed by atoms with E-state index in [2.05, 4.69) is 0 Å². The van der Waals surface area contributed by atoms with E-state index in [0.29, 0.717) is 0 Å². The Kier molecular flexibility index (Phi) is 3.06. The molecule has 82 valence electrons. The summed E-state index contributed by atoms with van der Waals surface area (Å²) in [6.45, 7) is 2.05. The van der Waals surface area contributed by atoms with Gasteiger partial charge in [0.15, 0.2) is 0 Å². The van der Waals surface area contributed by atoms with Crippen molar-refractivity contribution in [3.63, 3.8) is 0 Å². The van der Waals surface area contributed by atoms with Gasteiger partial charge in [-0.3, -0.25) is 0 Å². The molecule has 2 rings (SSSR count). The predicted molar refractivity (Wildman–Crippen MR) is 67.9 cm³/mol. The zero-order chi connectivity index (χ0) is 11.5. The van der Waals surface area contributed by atoms with Crippen LogP contribution in [0.5, 0.6) is 5.75 Å². The molecule has 0 atom stereocenters. The van der Waals surface area contributed by atoms with Crippen LogP contribution in [0.15, 0.2) is 42.6 Å². The molecular formula is C13H13NOS. The van der Waals surface area contributed by atoms with Crippen LogP contribution in [-0.4, -0.2) is 11.7 Å². The maximum atomic E-state index is 5.30. The Morgan fingerprint density at radius 3 is 2.75 bits per heavy atom. The number of aryl methyl sites for hydroxylation is 1. The largest absolute Gasteiger partial charge is 0.497 e. The molecule has 0 radical (unpaired) electrons. The van der Waals surface area contributed by atoms with Gasteiger partial charge in [0, 0.05) is 18.0 Å². The van der Waals surface area contributed by atoms with Gasteiger partial charge in [0.1, 0.15) is 10.4 Å².